The average molecular weight is 329 g/mol. The second-order valence-corrected chi connectivity index (χ2v) is 7.47. The summed E-state index contributed by atoms with van der Waals surface area (Å²) in [5, 5.41) is 0. The average Bonchev–Trinajstić information content (AvgIpc) is 3.43. The molecular weight excluding hydrogens is 302 g/mol. The van der Waals surface area contributed by atoms with Gasteiger partial charge in [0.1, 0.15) is 5.82 Å². The summed E-state index contributed by atoms with van der Waals surface area (Å²) in [5.74, 6) is 2.36. The van der Waals surface area contributed by atoms with Crippen molar-refractivity contribution >= 4 is 11.7 Å². The van der Waals surface area contributed by atoms with Crippen LogP contribution in [-0.4, -0.2) is 48.6 Å². The van der Waals surface area contributed by atoms with Gasteiger partial charge in [-0.1, -0.05) is 6.07 Å². The SMILES string of the molecule is Cc1ccc2c(n1)N(CC1CC1)CCN(C(=O)C1CCOCC1)C2. The van der Waals surface area contributed by atoms with E-state index in [4.69, 9.17) is 9.72 Å². The molecule has 1 amide bonds. The van der Waals surface area contributed by atoms with Crippen molar-refractivity contribution in [1.82, 2.24) is 9.88 Å². The predicted octanol–water partition coefficient (Wildman–Crippen LogP) is 2.38. The number of fused-ring (bicyclic) bond motifs is 1. The van der Waals surface area contributed by atoms with E-state index in [0.29, 0.717) is 12.5 Å². The zero-order valence-corrected chi connectivity index (χ0v) is 14.5. The summed E-state index contributed by atoms with van der Waals surface area (Å²) in [4.78, 5) is 22.2. The maximum atomic E-state index is 13.0. The number of ether oxygens (including phenoxy) is 1. The molecule has 0 bridgehead atoms. The standard InChI is InChI=1S/C19H27N3O2/c1-14-2-5-17-13-22(19(23)16-6-10-24-11-7-16)9-8-21(18(17)20-14)12-15-3-4-15/h2,5,15-16H,3-4,6-13H2,1H3. The topological polar surface area (TPSA) is 45.7 Å². The second kappa shape index (κ2) is 6.71. The van der Waals surface area contributed by atoms with Crippen LogP contribution in [0.1, 0.15) is 36.9 Å². The Bertz CT molecular complexity index is 609. The second-order valence-electron chi connectivity index (χ2n) is 7.47. The molecule has 3 heterocycles. The van der Waals surface area contributed by atoms with Gasteiger partial charge in [0.25, 0.3) is 0 Å². The molecule has 0 radical (unpaired) electrons. The molecule has 1 saturated carbocycles. The van der Waals surface area contributed by atoms with Crippen LogP contribution in [0.3, 0.4) is 0 Å². The molecule has 1 aromatic rings. The smallest absolute Gasteiger partial charge is 0.226 e. The molecule has 4 rings (SSSR count). The molecule has 1 saturated heterocycles. The Kier molecular flexibility index (Phi) is 4.44. The summed E-state index contributed by atoms with van der Waals surface area (Å²) < 4.78 is 5.41. The Morgan fingerprint density at radius 1 is 1.21 bits per heavy atom. The zero-order valence-electron chi connectivity index (χ0n) is 14.5. The number of aromatic nitrogens is 1. The van der Waals surface area contributed by atoms with Gasteiger partial charge in [-0.3, -0.25) is 4.79 Å². The van der Waals surface area contributed by atoms with Crippen LogP contribution in [0.4, 0.5) is 5.82 Å². The number of nitrogens with zero attached hydrogens (tertiary/aromatic N) is 3. The Balaban J connectivity index is 1.55. The van der Waals surface area contributed by atoms with Crippen LogP contribution >= 0.6 is 0 Å². The summed E-state index contributed by atoms with van der Waals surface area (Å²) in [6.07, 6.45) is 4.39. The van der Waals surface area contributed by atoms with Crippen LogP contribution in [-0.2, 0) is 16.1 Å². The van der Waals surface area contributed by atoms with E-state index in [1.807, 2.05) is 6.92 Å². The lowest BCUT2D eigenvalue weighted by atomic mass is 9.98. The maximum Gasteiger partial charge on any atom is 0.226 e. The number of anilines is 1. The Morgan fingerprint density at radius 2 is 2.00 bits per heavy atom. The number of rotatable bonds is 3. The summed E-state index contributed by atoms with van der Waals surface area (Å²) in [7, 11) is 0. The van der Waals surface area contributed by atoms with Crippen molar-refractivity contribution in [3.8, 4) is 0 Å². The molecule has 0 aromatic carbocycles. The molecule has 5 nitrogen and oxygen atoms in total. The zero-order chi connectivity index (χ0) is 16.5. The minimum atomic E-state index is 0.135. The highest BCUT2D eigenvalue weighted by Crippen LogP contribution is 2.33. The van der Waals surface area contributed by atoms with E-state index in [1.54, 1.807) is 0 Å². The van der Waals surface area contributed by atoms with E-state index in [1.165, 1.54) is 18.4 Å². The molecule has 5 heteroatoms. The lowest BCUT2D eigenvalue weighted by molar-refractivity contribution is -0.139. The third-order valence-corrected chi connectivity index (χ3v) is 5.45. The minimum Gasteiger partial charge on any atom is -0.381 e. The molecule has 0 unspecified atom stereocenters. The van der Waals surface area contributed by atoms with E-state index in [0.717, 1.165) is 63.1 Å². The van der Waals surface area contributed by atoms with Gasteiger partial charge in [0.05, 0.1) is 0 Å². The normalized spacial score (nSPS) is 22.2. The van der Waals surface area contributed by atoms with Gasteiger partial charge in [0.2, 0.25) is 5.91 Å². The van der Waals surface area contributed by atoms with Gasteiger partial charge >= 0.3 is 0 Å². The van der Waals surface area contributed by atoms with E-state index in [2.05, 4.69) is 21.9 Å². The fourth-order valence-electron chi connectivity index (χ4n) is 3.78. The first kappa shape index (κ1) is 15.9. The van der Waals surface area contributed by atoms with Crippen LogP contribution in [0.5, 0.6) is 0 Å². The first-order valence-corrected chi connectivity index (χ1v) is 9.28. The number of amides is 1. The molecular formula is C19H27N3O2. The van der Waals surface area contributed by atoms with Crippen molar-refractivity contribution in [2.45, 2.75) is 39.2 Å². The Morgan fingerprint density at radius 3 is 2.75 bits per heavy atom. The van der Waals surface area contributed by atoms with Crippen molar-refractivity contribution in [3.63, 3.8) is 0 Å². The molecule has 0 atom stereocenters. The highest BCUT2D eigenvalue weighted by atomic mass is 16.5. The Labute approximate surface area is 144 Å². The summed E-state index contributed by atoms with van der Waals surface area (Å²) in [6.45, 7) is 6.96. The molecule has 1 aliphatic carbocycles. The first-order valence-electron chi connectivity index (χ1n) is 9.28. The van der Waals surface area contributed by atoms with Crippen LogP contribution < -0.4 is 4.90 Å². The fourth-order valence-corrected chi connectivity index (χ4v) is 3.78. The van der Waals surface area contributed by atoms with Gasteiger partial charge < -0.3 is 14.5 Å². The number of aryl methyl sites for hydroxylation is 1. The quantitative estimate of drug-likeness (QED) is 0.854. The number of hydrogen-bond acceptors (Lipinski definition) is 4. The molecule has 130 valence electrons. The number of pyridine rings is 1. The monoisotopic (exact) mass is 329 g/mol. The van der Waals surface area contributed by atoms with Crippen LogP contribution in [0, 0.1) is 18.8 Å². The third kappa shape index (κ3) is 3.41. The molecule has 2 fully saturated rings. The first-order chi connectivity index (χ1) is 11.7. The van der Waals surface area contributed by atoms with E-state index in [9.17, 15) is 4.79 Å². The molecule has 0 N–H and O–H groups in total. The fraction of sp³-hybridized carbons (Fsp3) is 0.684. The van der Waals surface area contributed by atoms with Crippen LogP contribution in [0.15, 0.2) is 12.1 Å². The highest BCUT2D eigenvalue weighted by molar-refractivity contribution is 5.79. The molecule has 24 heavy (non-hydrogen) atoms. The summed E-state index contributed by atoms with van der Waals surface area (Å²) in [6, 6.07) is 4.23. The number of carbonyl (C=O) groups excluding carboxylic acids is 1. The largest absolute Gasteiger partial charge is 0.381 e. The van der Waals surface area contributed by atoms with E-state index >= 15 is 0 Å². The van der Waals surface area contributed by atoms with Crippen molar-refractivity contribution in [3.05, 3.63) is 23.4 Å². The van der Waals surface area contributed by atoms with Gasteiger partial charge in [-0.25, -0.2) is 4.98 Å². The van der Waals surface area contributed by atoms with Gasteiger partial charge in [-0.2, -0.15) is 0 Å². The molecule has 2 aliphatic heterocycles. The minimum absolute atomic E-state index is 0.135. The number of hydrogen-bond donors (Lipinski definition) is 0. The lowest BCUT2D eigenvalue weighted by Crippen LogP contribution is -2.40. The van der Waals surface area contributed by atoms with Crippen molar-refractivity contribution < 1.29 is 9.53 Å². The van der Waals surface area contributed by atoms with E-state index < -0.39 is 0 Å². The van der Waals surface area contributed by atoms with Crippen LogP contribution in [0.2, 0.25) is 0 Å². The van der Waals surface area contributed by atoms with Gasteiger partial charge in [-0.15, -0.1) is 0 Å². The molecule has 0 spiro atoms. The number of carbonyl (C=O) groups is 1. The van der Waals surface area contributed by atoms with Crippen molar-refractivity contribution in [1.29, 1.82) is 0 Å². The Hall–Kier alpha value is -1.62. The predicted molar refractivity (Wildman–Crippen MR) is 92.9 cm³/mol. The van der Waals surface area contributed by atoms with E-state index in [-0.39, 0.29) is 5.92 Å². The van der Waals surface area contributed by atoms with Crippen LogP contribution in [0.25, 0.3) is 0 Å². The van der Waals surface area contributed by atoms with Crippen molar-refractivity contribution in [2.75, 3.05) is 37.7 Å². The molecule has 3 aliphatic rings. The summed E-state index contributed by atoms with van der Waals surface area (Å²) >= 11 is 0. The third-order valence-electron chi connectivity index (χ3n) is 5.45. The maximum absolute atomic E-state index is 13.0. The lowest BCUT2D eigenvalue weighted by Gasteiger charge is -2.28. The molecule has 1 aromatic heterocycles. The van der Waals surface area contributed by atoms with Gasteiger partial charge in [0.15, 0.2) is 0 Å². The van der Waals surface area contributed by atoms with Crippen molar-refractivity contribution in [2.24, 2.45) is 11.8 Å². The van der Waals surface area contributed by atoms with Gasteiger partial charge in [-0.05, 0) is 44.6 Å². The highest BCUT2D eigenvalue weighted by Gasteiger charge is 2.32. The van der Waals surface area contributed by atoms with Gasteiger partial charge in [0, 0.05) is 56.6 Å². The summed E-state index contributed by atoms with van der Waals surface area (Å²) in [5.41, 5.74) is 2.25.